The number of benzene rings is 1. The second-order valence-corrected chi connectivity index (χ2v) is 9.08. The number of hydrogen-bond donors (Lipinski definition) is 0. The Balaban J connectivity index is 1.51. The van der Waals surface area contributed by atoms with Gasteiger partial charge >= 0.3 is 0 Å². The van der Waals surface area contributed by atoms with Crippen LogP contribution in [-0.4, -0.2) is 61.9 Å². The zero-order valence-corrected chi connectivity index (χ0v) is 18.6. The Labute approximate surface area is 189 Å². The highest BCUT2D eigenvalue weighted by atomic mass is 32.2. The van der Waals surface area contributed by atoms with Crippen LogP contribution in [0.25, 0.3) is 17.0 Å². The van der Waals surface area contributed by atoms with Crippen LogP contribution in [0.5, 0.6) is 0 Å². The third-order valence-corrected chi connectivity index (χ3v) is 6.97. The van der Waals surface area contributed by atoms with Crippen LogP contribution in [0, 0.1) is 11.3 Å². The summed E-state index contributed by atoms with van der Waals surface area (Å²) in [5, 5.41) is 10.3. The van der Waals surface area contributed by atoms with Crippen LogP contribution in [0.2, 0.25) is 0 Å². The van der Waals surface area contributed by atoms with Crippen LogP contribution in [0.4, 0.5) is 0 Å². The van der Waals surface area contributed by atoms with Gasteiger partial charge in [-0.25, -0.2) is 9.97 Å². The second kappa shape index (κ2) is 8.28. The van der Waals surface area contributed by atoms with Gasteiger partial charge in [-0.3, -0.25) is 14.0 Å². The van der Waals surface area contributed by atoms with Crippen LogP contribution in [0.15, 0.2) is 35.6 Å². The van der Waals surface area contributed by atoms with Crippen molar-refractivity contribution >= 4 is 29.2 Å². The minimum atomic E-state index is 0.0135. The van der Waals surface area contributed by atoms with E-state index in [1.54, 1.807) is 28.7 Å². The Hall–Kier alpha value is -3.38. The van der Waals surface area contributed by atoms with Crippen molar-refractivity contribution < 1.29 is 9.59 Å². The lowest BCUT2D eigenvalue weighted by Gasteiger charge is -2.26. The van der Waals surface area contributed by atoms with Crippen molar-refractivity contribution in [2.24, 2.45) is 0 Å². The topological polar surface area (TPSA) is 94.6 Å². The van der Waals surface area contributed by atoms with E-state index in [9.17, 15) is 14.9 Å². The third kappa shape index (κ3) is 3.50. The Bertz CT molecular complexity index is 1270. The number of carbonyl (C=O) groups is 2. The molecule has 0 spiro atoms. The van der Waals surface area contributed by atoms with Crippen molar-refractivity contribution in [1.82, 2.24) is 24.2 Å². The number of piperidine rings is 1. The molecule has 3 aromatic rings. The molecule has 2 aliphatic rings. The Morgan fingerprint density at radius 1 is 1.25 bits per heavy atom. The molecule has 162 valence electrons. The smallest absolute Gasteiger partial charge is 0.254 e. The van der Waals surface area contributed by atoms with E-state index in [1.165, 1.54) is 18.2 Å². The molecule has 1 aromatic carbocycles. The van der Waals surface area contributed by atoms with E-state index in [4.69, 9.17) is 4.98 Å². The summed E-state index contributed by atoms with van der Waals surface area (Å²) in [4.78, 5) is 37.7. The van der Waals surface area contributed by atoms with E-state index in [0.717, 1.165) is 37.1 Å². The average Bonchev–Trinajstić information content (AvgIpc) is 3.41. The number of fused-ring (bicyclic) bond motifs is 2. The lowest BCUT2D eigenvalue weighted by atomic mass is 10.1. The Morgan fingerprint density at radius 3 is 2.84 bits per heavy atom. The van der Waals surface area contributed by atoms with Crippen molar-refractivity contribution in [1.29, 1.82) is 5.26 Å². The Kier molecular flexibility index (Phi) is 5.31. The molecule has 0 bridgehead atoms. The summed E-state index contributed by atoms with van der Waals surface area (Å²) in [7, 11) is 1.78. The van der Waals surface area contributed by atoms with Gasteiger partial charge in [0.25, 0.3) is 5.91 Å². The highest BCUT2D eigenvalue weighted by Gasteiger charge is 2.26. The monoisotopic (exact) mass is 446 g/mol. The first kappa shape index (κ1) is 20.5. The molecule has 0 N–H and O–H groups in total. The first-order chi connectivity index (χ1) is 15.6. The van der Waals surface area contributed by atoms with Crippen LogP contribution in [0.1, 0.15) is 40.7 Å². The standard InChI is InChI=1S/C23H22N6O2S/c1-27-13-16-11-15(5-6-17(16)23(27)31)20-26-22(18(12-24)21-25-7-10-29(20)21)32-14-19(30)28-8-3-2-4-9-28/h5-7,10-11H,2-4,8-9,13-14H2,1H3. The lowest BCUT2D eigenvalue weighted by Crippen LogP contribution is -2.36. The lowest BCUT2D eigenvalue weighted by molar-refractivity contribution is -0.129. The van der Waals surface area contributed by atoms with Gasteiger partial charge in [0.05, 0.1) is 5.75 Å². The molecule has 0 aliphatic carbocycles. The molecule has 9 heteroatoms. The van der Waals surface area contributed by atoms with Crippen LogP contribution >= 0.6 is 11.8 Å². The number of nitriles is 1. The van der Waals surface area contributed by atoms with Crippen molar-refractivity contribution in [2.75, 3.05) is 25.9 Å². The fraction of sp³-hybridized carbons (Fsp3) is 0.348. The summed E-state index contributed by atoms with van der Waals surface area (Å²) in [5.41, 5.74) is 3.37. The maximum Gasteiger partial charge on any atom is 0.254 e. The molecule has 32 heavy (non-hydrogen) atoms. The van der Waals surface area contributed by atoms with Crippen LogP contribution in [-0.2, 0) is 11.3 Å². The van der Waals surface area contributed by atoms with Gasteiger partial charge in [0.2, 0.25) is 5.91 Å². The van der Waals surface area contributed by atoms with Gasteiger partial charge < -0.3 is 9.80 Å². The molecular formula is C23H22N6O2S. The molecular weight excluding hydrogens is 424 g/mol. The number of rotatable bonds is 4. The SMILES string of the molecule is CN1Cc2cc(-c3nc(SCC(=O)N4CCCCC4)c(C#N)c4nccn34)ccc2C1=O. The number of hydrogen-bond acceptors (Lipinski definition) is 6. The minimum absolute atomic E-state index is 0.0135. The van der Waals surface area contributed by atoms with E-state index in [1.807, 2.05) is 23.1 Å². The van der Waals surface area contributed by atoms with Gasteiger partial charge in [0, 0.05) is 50.2 Å². The zero-order valence-electron chi connectivity index (χ0n) is 17.7. The first-order valence-corrected chi connectivity index (χ1v) is 11.6. The predicted octanol–water partition coefficient (Wildman–Crippen LogP) is 2.96. The molecule has 0 saturated carbocycles. The minimum Gasteiger partial charge on any atom is -0.342 e. The van der Waals surface area contributed by atoms with Gasteiger partial charge in [-0.2, -0.15) is 5.26 Å². The summed E-state index contributed by atoms with van der Waals surface area (Å²) in [6.07, 6.45) is 6.66. The molecule has 5 rings (SSSR count). The van der Waals surface area contributed by atoms with Crippen molar-refractivity contribution in [3.63, 3.8) is 0 Å². The van der Waals surface area contributed by atoms with E-state index in [2.05, 4.69) is 11.1 Å². The first-order valence-electron chi connectivity index (χ1n) is 10.6. The third-order valence-electron chi connectivity index (χ3n) is 6.01. The number of imidazole rings is 1. The van der Waals surface area contributed by atoms with E-state index in [0.29, 0.717) is 34.2 Å². The van der Waals surface area contributed by atoms with E-state index in [-0.39, 0.29) is 17.6 Å². The molecule has 2 aromatic heterocycles. The highest BCUT2D eigenvalue weighted by Crippen LogP contribution is 2.31. The Morgan fingerprint density at radius 2 is 2.06 bits per heavy atom. The van der Waals surface area contributed by atoms with E-state index >= 15 is 0 Å². The average molecular weight is 447 g/mol. The summed E-state index contributed by atoms with van der Waals surface area (Å²) >= 11 is 1.29. The quantitative estimate of drug-likeness (QED) is 0.452. The maximum atomic E-state index is 12.7. The molecule has 4 heterocycles. The van der Waals surface area contributed by atoms with Crippen molar-refractivity contribution in [2.45, 2.75) is 30.8 Å². The number of likely N-dealkylation sites (tertiary alicyclic amines) is 1. The molecule has 1 fully saturated rings. The number of carbonyl (C=O) groups excluding carboxylic acids is 2. The molecule has 0 radical (unpaired) electrons. The summed E-state index contributed by atoms with van der Waals surface area (Å²) < 4.78 is 1.79. The van der Waals surface area contributed by atoms with Crippen LogP contribution < -0.4 is 0 Å². The number of thioether (sulfide) groups is 1. The molecule has 0 atom stereocenters. The number of nitrogens with zero attached hydrogens (tertiary/aromatic N) is 6. The predicted molar refractivity (Wildman–Crippen MR) is 120 cm³/mol. The largest absolute Gasteiger partial charge is 0.342 e. The van der Waals surface area contributed by atoms with E-state index < -0.39 is 0 Å². The maximum absolute atomic E-state index is 12.7. The van der Waals surface area contributed by atoms with Gasteiger partial charge in [0.1, 0.15) is 22.5 Å². The van der Waals surface area contributed by atoms with Gasteiger partial charge in [0.15, 0.2) is 5.65 Å². The summed E-state index contributed by atoms with van der Waals surface area (Å²) in [6.45, 7) is 2.15. The van der Waals surface area contributed by atoms with Crippen molar-refractivity contribution in [3.8, 4) is 17.5 Å². The number of amides is 2. The fourth-order valence-electron chi connectivity index (χ4n) is 4.34. The molecule has 1 saturated heterocycles. The van der Waals surface area contributed by atoms with Gasteiger partial charge in [-0.15, -0.1) is 0 Å². The zero-order chi connectivity index (χ0) is 22.2. The van der Waals surface area contributed by atoms with Gasteiger partial charge in [-0.05, 0) is 37.0 Å². The summed E-state index contributed by atoms with van der Waals surface area (Å²) in [6, 6.07) is 7.88. The number of aromatic nitrogens is 3. The molecule has 0 unspecified atom stereocenters. The van der Waals surface area contributed by atoms with Gasteiger partial charge in [-0.1, -0.05) is 17.8 Å². The molecule has 8 nitrogen and oxygen atoms in total. The summed E-state index contributed by atoms with van der Waals surface area (Å²) in [5.74, 6) is 0.958. The van der Waals surface area contributed by atoms with Crippen molar-refractivity contribution in [3.05, 3.63) is 47.3 Å². The second-order valence-electron chi connectivity index (χ2n) is 8.11. The normalized spacial score (nSPS) is 15.8. The van der Waals surface area contributed by atoms with Crippen LogP contribution in [0.3, 0.4) is 0 Å². The molecule has 2 aliphatic heterocycles. The highest BCUT2D eigenvalue weighted by molar-refractivity contribution is 8.00. The molecule has 2 amide bonds. The fourth-order valence-corrected chi connectivity index (χ4v) is 5.21.